The van der Waals surface area contributed by atoms with Gasteiger partial charge in [0, 0.05) is 19.6 Å². The van der Waals surface area contributed by atoms with Crippen molar-refractivity contribution < 1.29 is 23.8 Å². The van der Waals surface area contributed by atoms with Gasteiger partial charge in [-0.2, -0.15) is 0 Å². The van der Waals surface area contributed by atoms with Crippen molar-refractivity contribution >= 4 is 21.0 Å². The van der Waals surface area contributed by atoms with Gasteiger partial charge in [-0.15, -0.1) is 8.58 Å². The lowest BCUT2D eigenvalue weighted by Gasteiger charge is -2.36. The molecule has 1 amide bonds. The number of carbonyl (C=O) groups excluding carboxylic acids is 2. The molecule has 0 aromatic rings. The van der Waals surface area contributed by atoms with Gasteiger partial charge in [-0.3, -0.25) is 0 Å². The van der Waals surface area contributed by atoms with Gasteiger partial charge in [0.1, 0.15) is 18.7 Å². The summed E-state index contributed by atoms with van der Waals surface area (Å²) in [6, 6.07) is 0. The highest BCUT2D eigenvalue weighted by Crippen LogP contribution is 2.21. The number of amides is 1. The molecular weight excluding hydrogens is 305 g/mol. The summed E-state index contributed by atoms with van der Waals surface area (Å²) in [6.45, 7) is 10.7. The summed E-state index contributed by atoms with van der Waals surface area (Å²) in [5.74, 6) is -0.200. The molecule has 1 saturated heterocycles. The number of methoxy groups -OCH3 is 1. The van der Waals surface area contributed by atoms with Crippen molar-refractivity contribution in [3.05, 3.63) is 0 Å². The van der Waals surface area contributed by atoms with E-state index in [4.69, 9.17) is 14.2 Å². The first-order valence-electron chi connectivity index (χ1n) is 7.41. The molecule has 130 valence electrons. The van der Waals surface area contributed by atoms with Gasteiger partial charge >= 0.3 is 6.09 Å². The summed E-state index contributed by atoms with van der Waals surface area (Å²) < 4.78 is 15.6. The molecule has 1 aliphatic rings. The third kappa shape index (κ3) is 8.66. The fourth-order valence-corrected chi connectivity index (χ4v) is 1.91. The molecule has 1 heterocycles. The fraction of sp³-hybridized carbons (Fsp3) is 0.867. The minimum Gasteiger partial charge on any atom is -0.444 e. The Morgan fingerprint density at radius 2 is 1.95 bits per heavy atom. The van der Waals surface area contributed by atoms with Crippen molar-refractivity contribution in [1.82, 2.24) is 4.90 Å². The van der Waals surface area contributed by atoms with Crippen LogP contribution in [0.1, 0.15) is 27.2 Å². The Morgan fingerprint density at radius 3 is 2.41 bits per heavy atom. The highest BCUT2D eigenvalue weighted by atomic mass is 31.1. The maximum absolute atomic E-state index is 12.0. The Morgan fingerprint density at radius 1 is 1.36 bits per heavy atom. The van der Waals surface area contributed by atoms with Crippen LogP contribution in [0.25, 0.3) is 0 Å². The third-order valence-corrected chi connectivity index (χ3v) is 2.84. The standard InChI is InChI=1S/C13H23NO5.C2H7P/c1-13(2,3)19-12(16)14-6-5-10(8-15)11(7-14)18-9-17-4;1-3-2/h8,10-11H,5-7,9H2,1-4H3;3H,1-2H3. The number of rotatable bonds is 4. The van der Waals surface area contributed by atoms with Crippen LogP contribution in [-0.2, 0) is 19.0 Å². The van der Waals surface area contributed by atoms with E-state index in [0.717, 1.165) is 14.9 Å². The van der Waals surface area contributed by atoms with E-state index in [-0.39, 0.29) is 24.9 Å². The highest BCUT2D eigenvalue weighted by molar-refractivity contribution is 7.35. The summed E-state index contributed by atoms with van der Waals surface area (Å²) in [5.41, 5.74) is -0.526. The van der Waals surface area contributed by atoms with Crippen LogP contribution in [-0.4, -0.2) is 69.3 Å². The second-order valence-corrected chi connectivity index (χ2v) is 7.13. The lowest BCUT2D eigenvalue weighted by Crippen LogP contribution is -2.49. The van der Waals surface area contributed by atoms with Crippen LogP contribution in [0.2, 0.25) is 0 Å². The quantitative estimate of drug-likeness (QED) is 0.448. The maximum atomic E-state index is 12.0. The molecule has 0 aromatic heterocycles. The zero-order valence-electron chi connectivity index (χ0n) is 14.5. The average molecular weight is 335 g/mol. The van der Waals surface area contributed by atoms with E-state index in [1.807, 2.05) is 20.8 Å². The summed E-state index contributed by atoms with van der Waals surface area (Å²) in [7, 11) is 2.60. The van der Waals surface area contributed by atoms with E-state index in [2.05, 4.69) is 13.3 Å². The molecule has 2 unspecified atom stereocenters. The Hall–Kier alpha value is -0.710. The first kappa shape index (κ1) is 21.3. The van der Waals surface area contributed by atoms with Crippen LogP contribution in [0.5, 0.6) is 0 Å². The second kappa shape index (κ2) is 10.9. The van der Waals surface area contributed by atoms with Gasteiger partial charge in [-0.25, -0.2) is 4.79 Å². The number of piperidine rings is 1. The molecule has 0 bridgehead atoms. The minimum absolute atomic E-state index is 0.108. The zero-order chi connectivity index (χ0) is 17.2. The van der Waals surface area contributed by atoms with Gasteiger partial charge in [-0.05, 0) is 40.5 Å². The van der Waals surface area contributed by atoms with Crippen LogP contribution in [0.15, 0.2) is 0 Å². The van der Waals surface area contributed by atoms with Gasteiger partial charge in [0.25, 0.3) is 0 Å². The topological polar surface area (TPSA) is 65.1 Å². The highest BCUT2D eigenvalue weighted by Gasteiger charge is 2.33. The Bertz CT molecular complexity index is 332. The van der Waals surface area contributed by atoms with Gasteiger partial charge in [0.15, 0.2) is 0 Å². The Balaban J connectivity index is 0.00000135. The number of aldehydes is 1. The molecule has 2 atom stereocenters. The molecule has 1 rings (SSSR count). The summed E-state index contributed by atoms with van der Waals surface area (Å²) in [6.07, 6.45) is 0.755. The number of hydrogen-bond donors (Lipinski definition) is 0. The van der Waals surface area contributed by atoms with Gasteiger partial charge in [0.05, 0.1) is 12.6 Å². The molecule has 0 N–H and O–H groups in total. The smallest absolute Gasteiger partial charge is 0.410 e. The second-order valence-electron chi connectivity index (χ2n) is 6.13. The van der Waals surface area contributed by atoms with Gasteiger partial charge in [-0.1, -0.05) is 0 Å². The molecule has 0 radical (unpaired) electrons. The predicted octanol–water partition coefficient (Wildman–Crippen LogP) is 2.36. The Labute approximate surface area is 135 Å². The lowest BCUT2D eigenvalue weighted by molar-refractivity contribution is -0.132. The van der Waals surface area contributed by atoms with Crippen LogP contribution in [0.4, 0.5) is 4.79 Å². The van der Waals surface area contributed by atoms with E-state index in [9.17, 15) is 9.59 Å². The maximum Gasteiger partial charge on any atom is 0.410 e. The SMILES string of the molecule is COCOC1CN(C(=O)OC(C)(C)C)CCC1C=O.CPC. The minimum atomic E-state index is -0.526. The van der Waals surface area contributed by atoms with Crippen LogP contribution >= 0.6 is 8.58 Å². The van der Waals surface area contributed by atoms with E-state index in [1.165, 1.54) is 7.11 Å². The molecule has 0 aliphatic carbocycles. The zero-order valence-corrected chi connectivity index (χ0v) is 15.5. The van der Waals surface area contributed by atoms with Crippen molar-refractivity contribution in [3.8, 4) is 0 Å². The van der Waals surface area contributed by atoms with E-state index in [1.54, 1.807) is 4.90 Å². The first-order valence-corrected chi connectivity index (χ1v) is 9.41. The Kier molecular flexibility index (Phi) is 10.6. The van der Waals surface area contributed by atoms with Crippen molar-refractivity contribution in [2.45, 2.75) is 38.9 Å². The predicted molar refractivity (Wildman–Crippen MR) is 88.9 cm³/mol. The number of carbonyl (C=O) groups is 2. The van der Waals surface area contributed by atoms with E-state index < -0.39 is 5.60 Å². The number of hydrogen-bond acceptors (Lipinski definition) is 5. The molecule has 22 heavy (non-hydrogen) atoms. The van der Waals surface area contributed by atoms with Gasteiger partial charge < -0.3 is 23.9 Å². The summed E-state index contributed by atoms with van der Waals surface area (Å²) >= 11 is 0. The lowest BCUT2D eigenvalue weighted by atomic mass is 9.95. The van der Waals surface area contributed by atoms with Crippen LogP contribution < -0.4 is 0 Å². The molecule has 0 aromatic carbocycles. The monoisotopic (exact) mass is 335 g/mol. The van der Waals surface area contributed by atoms with Crippen molar-refractivity contribution in [2.24, 2.45) is 5.92 Å². The van der Waals surface area contributed by atoms with Crippen molar-refractivity contribution in [3.63, 3.8) is 0 Å². The van der Waals surface area contributed by atoms with E-state index >= 15 is 0 Å². The summed E-state index contributed by atoms with van der Waals surface area (Å²) in [5, 5.41) is 0. The van der Waals surface area contributed by atoms with E-state index in [0.29, 0.717) is 19.5 Å². The number of ether oxygens (including phenoxy) is 3. The third-order valence-electron chi connectivity index (χ3n) is 2.84. The molecule has 1 aliphatic heterocycles. The number of nitrogens with zero attached hydrogens (tertiary/aromatic N) is 1. The molecule has 6 nitrogen and oxygen atoms in total. The molecular formula is C15H30NO5P. The molecule has 0 saturated carbocycles. The van der Waals surface area contributed by atoms with Crippen LogP contribution in [0, 0.1) is 5.92 Å². The summed E-state index contributed by atoms with van der Waals surface area (Å²) in [4.78, 5) is 24.5. The van der Waals surface area contributed by atoms with Crippen LogP contribution in [0.3, 0.4) is 0 Å². The average Bonchev–Trinajstić information content (AvgIpc) is 2.43. The molecule has 7 heteroatoms. The van der Waals surface area contributed by atoms with Crippen molar-refractivity contribution in [2.75, 3.05) is 40.3 Å². The first-order chi connectivity index (χ1) is 10.3. The van der Waals surface area contributed by atoms with Gasteiger partial charge in [0.2, 0.25) is 0 Å². The number of likely N-dealkylation sites (tertiary alicyclic amines) is 1. The molecule has 0 spiro atoms. The fourth-order valence-electron chi connectivity index (χ4n) is 1.91. The normalized spacial score (nSPS) is 21.6. The largest absolute Gasteiger partial charge is 0.444 e. The molecule has 1 fully saturated rings. The van der Waals surface area contributed by atoms with Crippen molar-refractivity contribution in [1.29, 1.82) is 0 Å².